The fourth-order valence-electron chi connectivity index (χ4n) is 2.73. The molecule has 0 bridgehead atoms. The van der Waals surface area contributed by atoms with Crippen LogP contribution in [0.2, 0.25) is 0 Å². The number of pyridine rings is 1. The maximum Gasteiger partial charge on any atom is 0.254 e. The van der Waals surface area contributed by atoms with Crippen molar-refractivity contribution in [1.82, 2.24) is 9.88 Å². The van der Waals surface area contributed by atoms with Crippen LogP contribution in [-0.2, 0) is 11.2 Å². The van der Waals surface area contributed by atoms with E-state index in [1.807, 2.05) is 11.0 Å². The van der Waals surface area contributed by atoms with Crippen molar-refractivity contribution in [2.45, 2.75) is 18.9 Å². The van der Waals surface area contributed by atoms with Crippen molar-refractivity contribution in [2.24, 2.45) is 0 Å². The van der Waals surface area contributed by atoms with Gasteiger partial charge in [0, 0.05) is 31.0 Å². The summed E-state index contributed by atoms with van der Waals surface area (Å²) < 4.78 is 5.81. The zero-order valence-corrected chi connectivity index (χ0v) is 12.5. The summed E-state index contributed by atoms with van der Waals surface area (Å²) in [6.45, 7) is 1.92. The van der Waals surface area contributed by atoms with E-state index in [4.69, 9.17) is 4.74 Å². The first-order chi connectivity index (χ1) is 10.8. The van der Waals surface area contributed by atoms with E-state index in [1.54, 1.807) is 24.5 Å². The molecule has 114 valence electrons. The van der Waals surface area contributed by atoms with Gasteiger partial charge in [0.15, 0.2) is 0 Å². The van der Waals surface area contributed by atoms with Crippen LogP contribution in [0.15, 0.2) is 54.9 Å². The molecule has 1 aliphatic heterocycles. The predicted octanol–water partition coefficient (Wildman–Crippen LogP) is 2.56. The average molecular weight is 296 g/mol. The minimum atomic E-state index is 0.0652. The molecule has 0 spiro atoms. The Labute approximate surface area is 130 Å². The number of rotatable bonds is 4. The topological polar surface area (TPSA) is 42.4 Å². The molecule has 1 atom stereocenters. The molecule has 1 amide bonds. The van der Waals surface area contributed by atoms with E-state index in [0.29, 0.717) is 25.3 Å². The van der Waals surface area contributed by atoms with Gasteiger partial charge in [-0.2, -0.15) is 0 Å². The highest BCUT2D eigenvalue weighted by atomic mass is 16.5. The van der Waals surface area contributed by atoms with E-state index >= 15 is 0 Å². The number of hydrogen-bond acceptors (Lipinski definition) is 3. The largest absolute Gasteiger partial charge is 0.375 e. The van der Waals surface area contributed by atoms with E-state index < -0.39 is 0 Å². The van der Waals surface area contributed by atoms with E-state index in [-0.39, 0.29) is 12.0 Å². The number of carbonyl (C=O) groups is 1. The lowest BCUT2D eigenvalue weighted by atomic mass is 10.1. The number of carbonyl (C=O) groups excluding carboxylic acids is 1. The van der Waals surface area contributed by atoms with Crippen LogP contribution >= 0.6 is 0 Å². The Balaban J connectivity index is 1.56. The number of morpholine rings is 1. The molecule has 0 aliphatic carbocycles. The number of hydrogen-bond donors (Lipinski definition) is 0. The zero-order chi connectivity index (χ0) is 15.2. The lowest BCUT2D eigenvalue weighted by molar-refractivity contribution is -0.0246. The summed E-state index contributed by atoms with van der Waals surface area (Å²) in [4.78, 5) is 18.3. The molecule has 1 aromatic heterocycles. The summed E-state index contributed by atoms with van der Waals surface area (Å²) >= 11 is 0. The van der Waals surface area contributed by atoms with Crippen molar-refractivity contribution in [3.8, 4) is 0 Å². The normalized spacial score (nSPS) is 18.2. The van der Waals surface area contributed by atoms with Gasteiger partial charge in [-0.3, -0.25) is 9.78 Å². The van der Waals surface area contributed by atoms with Gasteiger partial charge in [-0.1, -0.05) is 30.3 Å². The van der Waals surface area contributed by atoms with E-state index in [1.165, 1.54) is 5.56 Å². The van der Waals surface area contributed by atoms with Gasteiger partial charge in [-0.15, -0.1) is 0 Å². The monoisotopic (exact) mass is 296 g/mol. The number of nitrogens with zero attached hydrogens (tertiary/aromatic N) is 2. The summed E-state index contributed by atoms with van der Waals surface area (Å²) in [5.74, 6) is 0.0652. The number of ether oxygens (including phenoxy) is 1. The smallest absolute Gasteiger partial charge is 0.254 e. The highest BCUT2D eigenvalue weighted by molar-refractivity contribution is 5.94. The maximum atomic E-state index is 12.5. The van der Waals surface area contributed by atoms with Crippen molar-refractivity contribution < 1.29 is 9.53 Å². The fourth-order valence-corrected chi connectivity index (χ4v) is 2.73. The molecule has 3 rings (SSSR count). The number of aryl methyl sites for hydroxylation is 1. The predicted molar refractivity (Wildman–Crippen MR) is 84.6 cm³/mol. The van der Waals surface area contributed by atoms with Crippen LogP contribution in [0.5, 0.6) is 0 Å². The molecule has 2 aromatic rings. The van der Waals surface area contributed by atoms with Crippen molar-refractivity contribution >= 4 is 5.91 Å². The zero-order valence-electron chi connectivity index (χ0n) is 12.5. The minimum absolute atomic E-state index is 0.0652. The molecule has 1 aromatic carbocycles. The van der Waals surface area contributed by atoms with E-state index in [0.717, 1.165) is 12.8 Å². The SMILES string of the molecule is O=C(c1ccncc1)N1CCO[C@H](CCc2ccccc2)C1. The molecule has 2 heterocycles. The van der Waals surface area contributed by atoms with Gasteiger partial charge in [-0.25, -0.2) is 0 Å². The van der Waals surface area contributed by atoms with Crippen molar-refractivity contribution in [2.75, 3.05) is 19.7 Å². The molecule has 1 fully saturated rings. The van der Waals surface area contributed by atoms with Gasteiger partial charge in [0.25, 0.3) is 5.91 Å². The lowest BCUT2D eigenvalue weighted by Crippen LogP contribution is -2.45. The molecule has 1 saturated heterocycles. The van der Waals surface area contributed by atoms with Crippen LogP contribution in [0.25, 0.3) is 0 Å². The third-order valence-electron chi connectivity index (χ3n) is 3.95. The fraction of sp³-hybridized carbons (Fsp3) is 0.333. The Morgan fingerprint density at radius 1 is 1.18 bits per heavy atom. The van der Waals surface area contributed by atoms with Crippen LogP contribution in [0.4, 0.5) is 0 Å². The van der Waals surface area contributed by atoms with Gasteiger partial charge in [0.05, 0.1) is 12.7 Å². The number of aromatic nitrogens is 1. The Morgan fingerprint density at radius 3 is 2.73 bits per heavy atom. The molecule has 0 radical (unpaired) electrons. The second kappa shape index (κ2) is 7.18. The second-order valence-corrected chi connectivity index (χ2v) is 5.50. The van der Waals surface area contributed by atoms with Gasteiger partial charge < -0.3 is 9.64 Å². The van der Waals surface area contributed by atoms with Crippen LogP contribution in [-0.4, -0.2) is 41.6 Å². The average Bonchev–Trinajstić information content (AvgIpc) is 2.61. The standard InChI is InChI=1S/C18H20N2O2/c21-18(16-8-10-19-11-9-16)20-12-13-22-17(14-20)7-6-15-4-2-1-3-5-15/h1-5,8-11,17H,6-7,12-14H2/t17-/m1/s1. The third kappa shape index (κ3) is 3.71. The highest BCUT2D eigenvalue weighted by Gasteiger charge is 2.24. The summed E-state index contributed by atoms with van der Waals surface area (Å²) in [6.07, 6.45) is 5.33. The minimum Gasteiger partial charge on any atom is -0.375 e. The highest BCUT2D eigenvalue weighted by Crippen LogP contribution is 2.14. The molecular formula is C18H20N2O2. The van der Waals surface area contributed by atoms with Gasteiger partial charge in [-0.05, 0) is 30.5 Å². The quantitative estimate of drug-likeness (QED) is 0.871. The number of benzene rings is 1. The number of amides is 1. The first-order valence-electron chi connectivity index (χ1n) is 7.68. The second-order valence-electron chi connectivity index (χ2n) is 5.50. The lowest BCUT2D eigenvalue weighted by Gasteiger charge is -2.33. The molecule has 0 N–H and O–H groups in total. The van der Waals surface area contributed by atoms with Gasteiger partial charge in [0.2, 0.25) is 0 Å². The van der Waals surface area contributed by atoms with Crippen LogP contribution in [0.1, 0.15) is 22.3 Å². The van der Waals surface area contributed by atoms with Crippen molar-refractivity contribution in [3.05, 3.63) is 66.0 Å². The summed E-state index contributed by atoms with van der Waals surface area (Å²) in [5, 5.41) is 0. The molecular weight excluding hydrogens is 276 g/mol. The Morgan fingerprint density at radius 2 is 1.95 bits per heavy atom. The summed E-state index contributed by atoms with van der Waals surface area (Å²) in [7, 11) is 0. The Bertz CT molecular complexity index is 601. The van der Waals surface area contributed by atoms with Crippen molar-refractivity contribution in [1.29, 1.82) is 0 Å². The van der Waals surface area contributed by atoms with E-state index in [9.17, 15) is 4.79 Å². The molecule has 0 saturated carbocycles. The first-order valence-corrected chi connectivity index (χ1v) is 7.68. The molecule has 4 nitrogen and oxygen atoms in total. The Hall–Kier alpha value is -2.20. The maximum absolute atomic E-state index is 12.5. The molecule has 1 aliphatic rings. The summed E-state index contributed by atoms with van der Waals surface area (Å²) in [6, 6.07) is 13.9. The van der Waals surface area contributed by atoms with Crippen molar-refractivity contribution in [3.63, 3.8) is 0 Å². The van der Waals surface area contributed by atoms with Crippen LogP contribution < -0.4 is 0 Å². The summed E-state index contributed by atoms with van der Waals surface area (Å²) in [5.41, 5.74) is 2.00. The molecule has 4 heteroatoms. The van der Waals surface area contributed by atoms with E-state index in [2.05, 4.69) is 29.2 Å². The van der Waals surface area contributed by atoms with Crippen LogP contribution in [0, 0.1) is 0 Å². The molecule has 22 heavy (non-hydrogen) atoms. The van der Waals surface area contributed by atoms with Gasteiger partial charge in [0.1, 0.15) is 0 Å². The van der Waals surface area contributed by atoms with Crippen LogP contribution in [0.3, 0.4) is 0 Å². The molecule has 0 unspecified atom stereocenters. The Kier molecular flexibility index (Phi) is 4.81. The van der Waals surface area contributed by atoms with Gasteiger partial charge >= 0.3 is 0 Å². The first kappa shape index (κ1) is 14.7. The third-order valence-corrected chi connectivity index (χ3v) is 3.95.